The quantitative estimate of drug-likeness (QED) is 0.517. The Morgan fingerprint density at radius 1 is 1.24 bits per heavy atom. The van der Waals surface area contributed by atoms with Crippen LogP contribution < -0.4 is 5.32 Å². The van der Waals surface area contributed by atoms with Crippen LogP contribution in [0.1, 0.15) is 10.4 Å². The third-order valence-electron chi connectivity index (χ3n) is 2.62. The van der Waals surface area contributed by atoms with Crippen LogP contribution in [0.15, 0.2) is 36.4 Å². The van der Waals surface area contributed by atoms with E-state index in [-0.39, 0.29) is 11.4 Å². The predicted molar refractivity (Wildman–Crippen MR) is 69.1 cm³/mol. The van der Waals surface area contributed by atoms with Gasteiger partial charge in [0.05, 0.1) is 16.6 Å². The zero-order chi connectivity index (χ0) is 15.6. The van der Waals surface area contributed by atoms with Crippen LogP contribution in [0, 0.1) is 21.7 Å². The molecule has 2 rings (SSSR count). The van der Waals surface area contributed by atoms with Crippen LogP contribution in [-0.4, -0.2) is 15.9 Å². The molecule has 0 aromatic heterocycles. The molecule has 0 saturated carbocycles. The molecule has 8 heteroatoms. The van der Waals surface area contributed by atoms with Crippen molar-refractivity contribution in [1.82, 2.24) is 0 Å². The smallest absolute Gasteiger partial charge is 0.296 e. The number of nitrogens with one attached hydrogen (secondary N) is 1. The summed E-state index contributed by atoms with van der Waals surface area (Å²) in [6, 6.07) is 6.05. The molecule has 0 heterocycles. The second-order valence-corrected chi connectivity index (χ2v) is 4.01. The van der Waals surface area contributed by atoms with Gasteiger partial charge in [-0.15, -0.1) is 0 Å². The SMILES string of the molecule is O=C(Nc1ccc(O)cc1[N+](=O)[O-])c1cccc(F)c1F. The van der Waals surface area contributed by atoms with Gasteiger partial charge in [-0.25, -0.2) is 8.78 Å². The molecule has 0 aliphatic carbocycles. The molecule has 0 bridgehead atoms. The number of hydrogen-bond donors (Lipinski definition) is 2. The maximum absolute atomic E-state index is 13.5. The number of hydrogen-bond acceptors (Lipinski definition) is 4. The predicted octanol–water partition coefficient (Wildman–Crippen LogP) is 2.83. The van der Waals surface area contributed by atoms with Gasteiger partial charge in [0.25, 0.3) is 11.6 Å². The Kier molecular flexibility index (Phi) is 3.79. The number of anilines is 1. The van der Waals surface area contributed by atoms with Crippen molar-refractivity contribution in [2.24, 2.45) is 0 Å². The number of nitro groups is 1. The maximum atomic E-state index is 13.5. The summed E-state index contributed by atoms with van der Waals surface area (Å²) in [4.78, 5) is 21.8. The van der Waals surface area contributed by atoms with Gasteiger partial charge in [0.2, 0.25) is 0 Å². The van der Waals surface area contributed by atoms with E-state index in [1.807, 2.05) is 0 Å². The first-order valence-electron chi connectivity index (χ1n) is 5.63. The van der Waals surface area contributed by atoms with Gasteiger partial charge >= 0.3 is 0 Å². The molecule has 21 heavy (non-hydrogen) atoms. The van der Waals surface area contributed by atoms with Gasteiger partial charge in [0.15, 0.2) is 11.6 Å². The molecule has 6 nitrogen and oxygen atoms in total. The number of halogens is 2. The van der Waals surface area contributed by atoms with Crippen LogP contribution in [0.25, 0.3) is 0 Å². The second-order valence-electron chi connectivity index (χ2n) is 4.01. The number of nitrogens with zero attached hydrogens (tertiary/aromatic N) is 1. The third-order valence-corrected chi connectivity index (χ3v) is 2.62. The molecular formula is C13H8F2N2O4. The van der Waals surface area contributed by atoms with E-state index in [0.717, 1.165) is 36.4 Å². The Morgan fingerprint density at radius 2 is 1.95 bits per heavy atom. The van der Waals surface area contributed by atoms with Crippen LogP contribution in [0.2, 0.25) is 0 Å². The Balaban J connectivity index is 2.36. The van der Waals surface area contributed by atoms with E-state index in [9.17, 15) is 28.8 Å². The summed E-state index contributed by atoms with van der Waals surface area (Å²) in [6.45, 7) is 0. The third kappa shape index (κ3) is 2.94. The molecule has 2 aromatic carbocycles. The lowest BCUT2D eigenvalue weighted by Gasteiger charge is -2.07. The van der Waals surface area contributed by atoms with Crippen molar-refractivity contribution in [1.29, 1.82) is 0 Å². The van der Waals surface area contributed by atoms with Crippen LogP contribution in [0.3, 0.4) is 0 Å². The zero-order valence-electron chi connectivity index (χ0n) is 10.3. The molecule has 0 radical (unpaired) electrons. The van der Waals surface area contributed by atoms with Crippen molar-refractivity contribution in [3.8, 4) is 5.75 Å². The number of aromatic hydroxyl groups is 1. The monoisotopic (exact) mass is 294 g/mol. The fraction of sp³-hybridized carbons (Fsp3) is 0. The summed E-state index contributed by atoms with van der Waals surface area (Å²) in [5.41, 5.74) is -1.40. The zero-order valence-corrected chi connectivity index (χ0v) is 10.3. The van der Waals surface area contributed by atoms with Crippen LogP contribution in [0.5, 0.6) is 5.75 Å². The molecule has 0 fully saturated rings. The van der Waals surface area contributed by atoms with Gasteiger partial charge in [0, 0.05) is 0 Å². The van der Waals surface area contributed by atoms with Crippen LogP contribution in [0.4, 0.5) is 20.2 Å². The first-order chi connectivity index (χ1) is 9.90. The Bertz CT molecular complexity index is 734. The molecule has 108 valence electrons. The number of amides is 1. The highest BCUT2D eigenvalue weighted by Crippen LogP contribution is 2.29. The first-order valence-corrected chi connectivity index (χ1v) is 5.63. The van der Waals surface area contributed by atoms with E-state index in [1.54, 1.807) is 0 Å². The number of rotatable bonds is 3. The Morgan fingerprint density at radius 3 is 2.62 bits per heavy atom. The molecule has 0 unspecified atom stereocenters. The van der Waals surface area contributed by atoms with Crippen molar-refractivity contribution >= 4 is 17.3 Å². The fourth-order valence-electron chi connectivity index (χ4n) is 1.65. The van der Waals surface area contributed by atoms with Gasteiger partial charge in [-0.3, -0.25) is 14.9 Å². The van der Waals surface area contributed by atoms with E-state index < -0.39 is 33.7 Å². The summed E-state index contributed by atoms with van der Waals surface area (Å²) < 4.78 is 26.5. The van der Waals surface area contributed by atoms with Crippen LogP contribution in [-0.2, 0) is 0 Å². The highest BCUT2D eigenvalue weighted by Gasteiger charge is 2.20. The topological polar surface area (TPSA) is 92.5 Å². The standard InChI is InChI=1S/C13H8F2N2O4/c14-9-3-1-2-8(12(9)15)13(19)16-10-5-4-7(18)6-11(10)17(20)21/h1-6,18H,(H,16,19). The van der Waals surface area contributed by atoms with Crippen molar-refractivity contribution in [2.45, 2.75) is 0 Å². The number of benzene rings is 2. The van der Waals surface area contributed by atoms with Crippen molar-refractivity contribution in [3.05, 3.63) is 63.7 Å². The van der Waals surface area contributed by atoms with E-state index in [4.69, 9.17) is 0 Å². The fourth-order valence-corrected chi connectivity index (χ4v) is 1.65. The van der Waals surface area contributed by atoms with E-state index in [2.05, 4.69) is 5.32 Å². The largest absolute Gasteiger partial charge is 0.508 e. The molecule has 0 atom stereocenters. The van der Waals surface area contributed by atoms with Gasteiger partial charge in [0.1, 0.15) is 11.4 Å². The lowest BCUT2D eigenvalue weighted by atomic mass is 10.1. The van der Waals surface area contributed by atoms with Crippen molar-refractivity contribution in [2.75, 3.05) is 5.32 Å². The average molecular weight is 294 g/mol. The lowest BCUT2D eigenvalue weighted by Crippen LogP contribution is -2.15. The molecule has 0 aliphatic rings. The summed E-state index contributed by atoms with van der Waals surface area (Å²) >= 11 is 0. The van der Waals surface area contributed by atoms with Crippen molar-refractivity contribution in [3.63, 3.8) is 0 Å². The number of carbonyl (C=O) groups excluding carboxylic acids is 1. The second kappa shape index (κ2) is 5.53. The van der Waals surface area contributed by atoms with Gasteiger partial charge < -0.3 is 10.4 Å². The van der Waals surface area contributed by atoms with E-state index in [0.29, 0.717) is 0 Å². The molecule has 0 aliphatic heterocycles. The highest BCUT2D eigenvalue weighted by atomic mass is 19.2. The summed E-state index contributed by atoms with van der Waals surface area (Å²) in [6.07, 6.45) is 0. The molecule has 0 spiro atoms. The number of carbonyl (C=O) groups is 1. The maximum Gasteiger partial charge on any atom is 0.296 e. The molecular weight excluding hydrogens is 286 g/mol. The van der Waals surface area contributed by atoms with Gasteiger partial charge in [-0.05, 0) is 24.3 Å². The minimum absolute atomic E-state index is 0.244. The number of phenols is 1. The number of phenolic OH excluding ortho intramolecular Hbond substituents is 1. The van der Waals surface area contributed by atoms with E-state index in [1.165, 1.54) is 0 Å². The minimum Gasteiger partial charge on any atom is -0.508 e. The van der Waals surface area contributed by atoms with Gasteiger partial charge in [-0.1, -0.05) is 6.07 Å². The summed E-state index contributed by atoms with van der Waals surface area (Å²) in [5, 5.41) is 22.1. The molecule has 1 amide bonds. The minimum atomic E-state index is -1.35. The Hall–Kier alpha value is -3.03. The lowest BCUT2D eigenvalue weighted by molar-refractivity contribution is -0.384. The summed E-state index contributed by atoms with van der Waals surface area (Å²) in [7, 11) is 0. The summed E-state index contributed by atoms with van der Waals surface area (Å²) in [5.74, 6) is -3.96. The van der Waals surface area contributed by atoms with Crippen LogP contribution >= 0.6 is 0 Å². The Labute approximate surface area is 116 Å². The van der Waals surface area contributed by atoms with Crippen molar-refractivity contribution < 1.29 is 23.6 Å². The number of nitro benzene ring substituents is 1. The normalized spacial score (nSPS) is 10.2. The average Bonchev–Trinajstić information content (AvgIpc) is 2.43. The molecule has 2 N–H and O–H groups in total. The molecule has 2 aromatic rings. The highest BCUT2D eigenvalue weighted by molar-refractivity contribution is 6.05. The van der Waals surface area contributed by atoms with Gasteiger partial charge in [-0.2, -0.15) is 0 Å². The van der Waals surface area contributed by atoms with E-state index >= 15 is 0 Å². The first kappa shape index (κ1) is 14.4. The molecule has 0 saturated heterocycles.